The minimum atomic E-state index is -0.868. The van der Waals surface area contributed by atoms with Gasteiger partial charge in [0.2, 0.25) is 0 Å². The standard InChI is InChI=1S/C14H24N2O3/c1-10(12(17)18)9-16(2)13(19)15-11-3-5-14(6-4-11)7-8-14/h10-11H,3-9H2,1-2H3,(H,15,19)(H,17,18). The van der Waals surface area contributed by atoms with E-state index in [4.69, 9.17) is 5.11 Å². The molecule has 5 heteroatoms. The molecule has 2 N–H and O–H groups in total. The lowest BCUT2D eigenvalue weighted by Crippen LogP contribution is -2.46. The molecule has 0 saturated heterocycles. The molecule has 2 rings (SSSR count). The molecular formula is C14H24N2O3. The molecule has 108 valence electrons. The number of amides is 2. The first-order chi connectivity index (χ1) is 8.92. The molecule has 1 atom stereocenters. The lowest BCUT2D eigenvalue weighted by Gasteiger charge is -2.30. The van der Waals surface area contributed by atoms with Crippen LogP contribution in [0.1, 0.15) is 45.4 Å². The number of carboxylic acids is 1. The summed E-state index contributed by atoms with van der Waals surface area (Å²) in [5, 5.41) is 11.9. The average molecular weight is 268 g/mol. The fraction of sp³-hybridized carbons (Fsp3) is 0.857. The first-order valence-electron chi connectivity index (χ1n) is 7.16. The predicted octanol–water partition coefficient (Wildman–Crippen LogP) is 2.07. The molecule has 1 spiro atoms. The Morgan fingerprint density at radius 3 is 2.37 bits per heavy atom. The number of carboxylic acid groups (broad SMARTS) is 1. The number of aliphatic carboxylic acids is 1. The van der Waals surface area contributed by atoms with Gasteiger partial charge >= 0.3 is 12.0 Å². The lowest BCUT2D eigenvalue weighted by molar-refractivity contribution is -0.141. The maximum Gasteiger partial charge on any atom is 0.317 e. The van der Waals surface area contributed by atoms with E-state index in [0.29, 0.717) is 5.41 Å². The van der Waals surface area contributed by atoms with Crippen LogP contribution in [-0.2, 0) is 4.79 Å². The Balaban J connectivity index is 1.72. The normalized spacial score (nSPS) is 22.8. The van der Waals surface area contributed by atoms with Crippen molar-refractivity contribution in [1.82, 2.24) is 10.2 Å². The van der Waals surface area contributed by atoms with Gasteiger partial charge in [0.15, 0.2) is 0 Å². The monoisotopic (exact) mass is 268 g/mol. The number of hydrogen-bond acceptors (Lipinski definition) is 2. The highest BCUT2D eigenvalue weighted by Crippen LogP contribution is 2.56. The van der Waals surface area contributed by atoms with E-state index in [9.17, 15) is 9.59 Å². The quantitative estimate of drug-likeness (QED) is 0.820. The summed E-state index contributed by atoms with van der Waals surface area (Å²) >= 11 is 0. The number of rotatable bonds is 4. The van der Waals surface area contributed by atoms with Gasteiger partial charge in [-0.25, -0.2) is 4.79 Å². The van der Waals surface area contributed by atoms with E-state index in [0.717, 1.165) is 12.8 Å². The third-order valence-corrected chi connectivity index (χ3v) is 4.65. The molecule has 2 fully saturated rings. The molecule has 2 aliphatic rings. The summed E-state index contributed by atoms with van der Waals surface area (Å²) in [6, 6.07) is 0.117. The van der Waals surface area contributed by atoms with Crippen molar-refractivity contribution in [2.75, 3.05) is 13.6 Å². The molecule has 0 heterocycles. The first-order valence-corrected chi connectivity index (χ1v) is 7.16. The summed E-state index contributed by atoms with van der Waals surface area (Å²) in [7, 11) is 1.65. The zero-order chi connectivity index (χ0) is 14.0. The Morgan fingerprint density at radius 2 is 1.89 bits per heavy atom. The maximum absolute atomic E-state index is 12.0. The topological polar surface area (TPSA) is 69.6 Å². The van der Waals surface area contributed by atoms with Gasteiger partial charge in [0, 0.05) is 19.6 Å². The molecule has 5 nitrogen and oxygen atoms in total. The lowest BCUT2D eigenvalue weighted by atomic mass is 9.83. The number of carbonyl (C=O) groups excluding carboxylic acids is 1. The summed E-state index contributed by atoms with van der Waals surface area (Å²) in [6.45, 7) is 1.86. The number of hydrogen-bond donors (Lipinski definition) is 2. The van der Waals surface area contributed by atoms with Crippen LogP contribution in [-0.4, -0.2) is 41.6 Å². The first kappa shape index (κ1) is 14.2. The fourth-order valence-corrected chi connectivity index (χ4v) is 2.91. The zero-order valence-corrected chi connectivity index (χ0v) is 11.8. The van der Waals surface area contributed by atoms with Gasteiger partial charge < -0.3 is 15.3 Å². The van der Waals surface area contributed by atoms with Gasteiger partial charge in [-0.3, -0.25) is 4.79 Å². The van der Waals surface area contributed by atoms with Crippen molar-refractivity contribution in [2.45, 2.75) is 51.5 Å². The van der Waals surface area contributed by atoms with E-state index in [1.807, 2.05) is 0 Å². The molecule has 19 heavy (non-hydrogen) atoms. The molecule has 2 amide bonds. The van der Waals surface area contributed by atoms with Crippen molar-refractivity contribution < 1.29 is 14.7 Å². The fourth-order valence-electron chi connectivity index (χ4n) is 2.91. The van der Waals surface area contributed by atoms with Crippen LogP contribution in [0.4, 0.5) is 4.79 Å². The van der Waals surface area contributed by atoms with Gasteiger partial charge in [-0.15, -0.1) is 0 Å². The summed E-state index contributed by atoms with van der Waals surface area (Å²) < 4.78 is 0. The third-order valence-electron chi connectivity index (χ3n) is 4.65. The van der Waals surface area contributed by atoms with Crippen LogP contribution in [0.2, 0.25) is 0 Å². The Labute approximate surface area is 114 Å². The van der Waals surface area contributed by atoms with Crippen LogP contribution in [0.5, 0.6) is 0 Å². The summed E-state index contributed by atoms with van der Waals surface area (Å²) in [5.74, 6) is -1.40. The maximum atomic E-state index is 12.0. The summed E-state index contributed by atoms with van der Waals surface area (Å²) in [6.07, 6.45) is 7.32. The minimum Gasteiger partial charge on any atom is -0.481 e. The Hall–Kier alpha value is -1.26. The Bertz CT molecular complexity index is 356. The second kappa shape index (κ2) is 5.39. The number of carbonyl (C=O) groups is 2. The van der Waals surface area contributed by atoms with Crippen LogP contribution in [0.3, 0.4) is 0 Å². The van der Waals surface area contributed by atoms with Crippen LogP contribution in [0, 0.1) is 11.3 Å². The molecule has 2 saturated carbocycles. The van der Waals surface area contributed by atoms with Crippen molar-refractivity contribution in [3.63, 3.8) is 0 Å². The molecule has 0 aromatic rings. The highest BCUT2D eigenvalue weighted by Gasteiger charge is 2.44. The molecule has 1 unspecified atom stereocenters. The van der Waals surface area contributed by atoms with Gasteiger partial charge in [-0.2, -0.15) is 0 Å². The van der Waals surface area contributed by atoms with E-state index in [-0.39, 0.29) is 18.6 Å². The highest BCUT2D eigenvalue weighted by atomic mass is 16.4. The van der Waals surface area contributed by atoms with E-state index in [2.05, 4.69) is 5.32 Å². The van der Waals surface area contributed by atoms with Gasteiger partial charge in [0.1, 0.15) is 0 Å². The Morgan fingerprint density at radius 1 is 1.32 bits per heavy atom. The number of urea groups is 1. The predicted molar refractivity (Wildman–Crippen MR) is 71.9 cm³/mol. The molecule has 0 aromatic carbocycles. The van der Waals surface area contributed by atoms with Crippen LogP contribution < -0.4 is 5.32 Å². The van der Waals surface area contributed by atoms with Crippen LogP contribution in [0.25, 0.3) is 0 Å². The molecule has 0 aromatic heterocycles. The van der Waals surface area contributed by atoms with Gasteiger partial charge in [-0.1, -0.05) is 6.92 Å². The molecule has 0 aliphatic heterocycles. The smallest absolute Gasteiger partial charge is 0.317 e. The summed E-state index contributed by atoms with van der Waals surface area (Å²) in [4.78, 5) is 24.2. The highest BCUT2D eigenvalue weighted by molar-refractivity contribution is 5.76. The molecule has 2 aliphatic carbocycles. The van der Waals surface area contributed by atoms with Crippen LogP contribution in [0.15, 0.2) is 0 Å². The molecular weight excluding hydrogens is 244 g/mol. The van der Waals surface area contributed by atoms with Gasteiger partial charge in [-0.05, 0) is 43.9 Å². The Kier molecular flexibility index (Phi) is 4.02. The minimum absolute atomic E-state index is 0.148. The number of nitrogens with one attached hydrogen (secondary N) is 1. The van der Waals surface area contributed by atoms with Crippen molar-refractivity contribution in [1.29, 1.82) is 0 Å². The van der Waals surface area contributed by atoms with E-state index in [1.54, 1.807) is 14.0 Å². The third kappa shape index (κ3) is 3.61. The summed E-state index contributed by atoms with van der Waals surface area (Å²) in [5.41, 5.74) is 0.630. The largest absolute Gasteiger partial charge is 0.481 e. The van der Waals surface area contributed by atoms with E-state index >= 15 is 0 Å². The zero-order valence-electron chi connectivity index (χ0n) is 11.8. The SMILES string of the molecule is CC(CN(C)C(=O)NC1CCC2(CC1)CC2)C(=O)O. The van der Waals surface area contributed by atoms with Gasteiger partial charge in [0.25, 0.3) is 0 Å². The van der Waals surface area contributed by atoms with Crippen molar-refractivity contribution in [2.24, 2.45) is 11.3 Å². The van der Waals surface area contributed by atoms with Gasteiger partial charge in [0.05, 0.1) is 5.92 Å². The van der Waals surface area contributed by atoms with Crippen molar-refractivity contribution in [3.05, 3.63) is 0 Å². The molecule has 0 radical (unpaired) electrons. The van der Waals surface area contributed by atoms with Crippen molar-refractivity contribution >= 4 is 12.0 Å². The van der Waals surface area contributed by atoms with Crippen molar-refractivity contribution in [3.8, 4) is 0 Å². The second-order valence-corrected chi connectivity index (χ2v) is 6.34. The second-order valence-electron chi connectivity index (χ2n) is 6.34. The average Bonchev–Trinajstić information content (AvgIpc) is 3.12. The molecule has 0 bridgehead atoms. The number of nitrogens with zero attached hydrogens (tertiary/aromatic N) is 1. The van der Waals surface area contributed by atoms with Crippen LogP contribution >= 0.6 is 0 Å². The van der Waals surface area contributed by atoms with E-state index in [1.165, 1.54) is 30.6 Å². The van der Waals surface area contributed by atoms with E-state index < -0.39 is 11.9 Å².